The topological polar surface area (TPSA) is 46.0 Å². The lowest BCUT2D eigenvalue weighted by molar-refractivity contribution is 0.773. The number of H-pyrrole nitrogens is 1. The van der Waals surface area contributed by atoms with Crippen LogP contribution < -0.4 is 0 Å². The Balaban J connectivity index is 1.89. The summed E-state index contributed by atoms with van der Waals surface area (Å²) in [5.74, 6) is 1.42. The quantitative estimate of drug-likeness (QED) is 0.691. The smallest absolute Gasteiger partial charge is 0.216 e. The highest BCUT2D eigenvalue weighted by Crippen LogP contribution is 2.38. The number of rotatable bonds is 3. The molecule has 18 heavy (non-hydrogen) atoms. The van der Waals surface area contributed by atoms with Gasteiger partial charge in [0.15, 0.2) is 5.82 Å². The van der Waals surface area contributed by atoms with Crippen molar-refractivity contribution in [3.05, 3.63) is 45.4 Å². The van der Waals surface area contributed by atoms with Crippen molar-refractivity contribution in [3.63, 3.8) is 0 Å². The van der Waals surface area contributed by atoms with Crippen molar-refractivity contribution >= 4 is 30.0 Å². The van der Waals surface area contributed by atoms with Crippen LogP contribution in [0.4, 0.5) is 0 Å². The molecule has 1 aliphatic rings. The van der Waals surface area contributed by atoms with Gasteiger partial charge in [-0.25, -0.2) is 0 Å². The Kier molecular flexibility index (Phi) is 3.01. The number of nitrogens with zero attached hydrogens (tertiary/aromatic N) is 3. The van der Waals surface area contributed by atoms with Gasteiger partial charge in [-0.05, 0) is 42.8 Å². The molecule has 92 valence electrons. The highest BCUT2D eigenvalue weighted by molar-refractivity contribution is 7.71. The molecular weight excluding hydrogens is 268 g/mol. The van der Waals surface area contributed by atoms with Gasteiger partial charge in [-0.2, -0.15) is 14.9 Å². The van der Waals surface area contributed by atoms with Gasteiger partial charge in [0, 0.05) is 10.9 Å². The van der Waals surface area contributed by atoms with Crippen LogP contribution in [0, 0.1) is 4.77 Å². The van der Waals surface area contributed by atoms with Crippen LogP contribution in [0.5, 0.6) is 0 Å². The van der Waals surface area contributed by atoms with E-state index in [1.807, 2.05) is 24.3 Å². The maximum absolute atomic E-state index is 5.83. The van der Waals surface area contributed by atoms with Crippen LogP contribution in [0.2, 0.25) is 5.02 Å². The molecule has 0 amide bonds. The fourth-order valence-electron chi connectivity index (χ4n) is 1.69. The van der Waals surface area contributed by atoms with Crippen LogP contribution >= 0.6 is 23.8 Å². The lowest BCUT2D eigenvalue weighted by atomic mass is 10.2. The van der Waals surface area contributed by atoms with E-state index in [1.165, 1.54) is 0 Å². The molecule has 1 aliphatic carbocycles. The number of halogens is 1. The van der Waals surface area contributed by atoms with Crippen molar-refractivity contribution in [3.8, 4) is 0 Å². The summed E-state index contributed by atoms with van der Waals surface area (Å²) in [6.45, 7) is 0. The first-order valence-electron chi connectivity index (χ1n) is 5.71. The standard InChI is InChI=1S/C12H11ClN4S/c13-10-5-1-8(2-6-10)7-14-17-11(9-3-4-9)15-16-12(17)18/h1-2,5-7,9H,3-4H2,(H,16,18)/b14-7-. The fraction of sp³-hybridized carbons (Fsp3) is 0.250. The summed E-state index contributed by atoms with van der Waals surface area (Å²) in [5, 5.41) is 12.1. The van der Waals surface area contributed by atoms with E-state index < -0.39 is 0 Å². The summed E-state index contributed by atoms with van der Waals surface area (Å²) < 4.78 is 2.23. The predicted molar refractivity (Wildman–Crippen MR) is 73.8 cm³/mol. The van der Waals surface area contributed by atoms with E-state index in [2.05, 4.69) is 15.3 Å². The molecule has 1 heterocycles. The Morgan fingerprint density at radius 1 is 1.39 bits per heavy atom. The maximum atomic E-state index is 5.83. The molecule has 1 saturated carbocycles. The van der Waals surface area contributed by atoms with E-state index in [0.29, 0.717) is 15.7 Å². The molecule has 0 radical (unpaired) electrons. The lowest BCUT2D eigenvalue weighted by Gasteiger charge is -1.98. The molecule has 0 aliphatic heterocycles. The first kappa shape index (κ1) is 11.6. The number of hydrogen-bond donors (Lipinski definition) is 1. The number of benzene rings is 1. The number of aromatic amines is 1. The third-order valence-corrected chi connectivity index (χ3v) is 3.33. The van der Waals surface area contributed by atoms with Crippen LogP contribution in [0.25, 0.3) is 0 Å². The van der Waals surface area contributed by atoms with Crippen molar-refractivity contribution in [2.75, 3.05) is 0 Å². The average Bonchev–Trinajstić information content (AvgIpc) is 3.14. The second-order valence-electron chi connectivity index (χ2n) is 4.27. The van der Waals surface area contributed by atoms with Crippen LogP contribution in [-0.2, 0) is 0 Å². The van der Waals surface area contributed by atoms with Crippen molar-refractivity contribution in [2.45, 2.75) is 18.8 Å². The van der Waals surface area contributed by atoms with Gasteiger partial charge < -0.3 is 0 Å². The highest BCUT2D eigenvalue weighted by Gasteiger charge is 2.29. The van der Waals surface area contributed by atoms with Crippen molar-refractivity contribution in [1.29, 1.82) is 0 Å². The molecule has 6 heteroatoms. The molecule has 0 unspecified atom stereocenters. The Hall–Kier alpha value is -1.46. The Morgan fingerprint density at radius 3 is 2.78 bits per heavy atom. The van der Waals surface area contributed by atoms with E-state index in [-0.39, 0.29) is 0 Å². The summed E-state index contributed by atoms with van der Waals surface area (Å²) in [6, 6.07) is 7.48. The van der Waals surface area contributed by atoms with Crippen molar-refractivity contribution in [1.82, 2.24) is 14.9 Å². The lowest BCUT2D eigenvalue weighted by Crippen LogP contribution is -1.97. The van der Waals surface area contributed by atoms with E-state index in [0.717, 1.165) is 24.2 Å². The second-order valence-corrected chi connectivity index (χ2v) is 5.09. The normalized spacial score (nSPS) is 15.4. The molecule has 4 nitrogen and oxygen atoms in total. The Labute approximate surface area is 114 Å². The largest absolute Gasteiger partial charge is 0.250 e. The second kappa shape index (κ2) is 4.66. The summed E-state index contributed by atoms with van der Waals surface area (Å²) in [5.41, 5.74) is 0.976. The van der Waals surface area contributed by atoms with Gasteiger partial charge in [-0.3, -0.25) is 5.10 Å². The first-order valence-corrected chi connectivity index (χ1v) is 6.50. The third-order valence-electron chi connectivity index (χ3n) is 2.81. The van der Waals surface area contributed by atoms with Crippen LogP contribution in [0.3, 0.4) is 0 Å². The van der Waals surface area contributed by atoms with E-state index in [1.54, 1.807) is 10.9 Å². The van der Waals surface area contributed by atoms with Crippen molar-refractivity contribution in [2.24, 2.45) is 5.10 Å². The van der Waals surface area contributed by atoms with Gasteiger partial charge in [-0.15, -0.1) is 0 Å². The van der Waals surface area contributed by atoms with Crippen LogP contribution in [0.1, 0.15) is 30.1 Å². The van der Waals surface area contributed by atoms with Crippen LogP contribution in [0.15, 0.2) is 29.4 Å². The Bertz CT molecular complexity index is 637. The molecule has 0 atom stereocenters. The summed E-state index contributed by atoms with van der Waals surface area (Å²) >= 11 is 11.0. The molecule has 0 spiro atoms. The minimum absolute atomic E-state index is 0.500. The van der Waals surface area contributed by atoms with Gasteiger partial charge in [0.05, 0.1) is 6.21 Å². The molecular formula is C12H11ClN4S. The average molecular weight is 279 g/mol. The number of aromatic nitrogens is 3. The number of hydrogen-bond acceptors (Lipinski definition) is 3. The van der Waals surface area contributed by atoms with E-state index in [4.69, 9.17) is 23.8 Å². The molecule has 0 saturated heterocycles. The molecule has 2 aromatic rings. The minimum atomic E-state index is 0.500. The van der Waals surface area contributed by atoms with E-state index >= 15 is 0 Å². The summed E-state index contributed by atoms with van der Waals surface area (Å²) in [7, 11) is 0. The fourth-order valence-corrected chi connectivity index (χ4v) is 2.01. The molecule has 1 aromatic carbocycles. The van der Waals surface area contributed by atoms with Gasteiger partial charge in [0.2, 0.25) is 4.77 Å². The van der Waals surface area contributed by atoms with Gasteiger partial charge in [-0.1, -0.05) is 23.7 Å². The van der Waals surface area contributed by atoms with Gasteiger partial charge in [0.25, 0.3) is 0 Å². The molecule has 0 bridgehead atoms. The SMILES string of the molecule is S=c1[nH]nc(C2CC2)n1/N=C\c1ccc(Cl)cc1. The van der Waals surface area contributed by atoms with Crippen molar-refractivity contribution < 1.29 is 0 Å². The monoisotopic (exact) mass is 278 g/mol. The maximum Gasteiger partial charge on any atom is 0.216 e. The van der Waals surface area contributed by atoms with Crippen LogP contribution in [-0.4, -0.2) is 21.1 Å². The Morgan fingerprint density at radius 2 is 2.11 bits per heavy atom. The zero-order valence-electron chi connectivity index (χ0n) is 9.51. The summed E-state index contributed by atoms with van der Waals surface area (Å²) in [4.78, 5) is 0. The summed E-state index contributed by atoms with van der Waals surface area (Å²) in [6.07, 6.45) is 4.08. The molecule has 3 rings (SSSR count). The predicted octanol–water partition coefficient (Wildman–Crippen LogP) is 3.35. The molecule has 1 N–H and O–H groups in total. The first-order chi connectivity index (χ1) is 8.74. The van der Waals surface area contributed by atoms with E-state index in [9.17, 15) is 0 Å². The van der Waals surface area contributed by atoms with Gasteiger partial charge in [0.1, 0.15) is 0 Å². The number of nitrogens with one attached hydrogen (secondary N) is 1. The minimum Gasteiger partial charge on any atom is -0.250 e. The van der Waals surface area contributed by atoms with Gasteiger partial charge >= 0.3 is 0 Å². The third kappa shape index (κ3) is 2.37. The molecule has 1 fully saturated rings. The molecule has 1 aromatic heterocycles. The zero-order valence-corrected chi connectivity index (χ0v) is 11.1. The highest BCUT2D eigenvalue weighted by atomic mass is 35.5. The zero-order chi connectivity index (χ0) is 12.5.